The number of alkyl halides is 3. The number of rotatable bonds is 3. The third kappa shape index (κ3) is 3.01. The van der Waals surface area contributed by atoms with Crippen molar-refractivity contribution in [1.29, 1.82) is 0 Å². The van der Waals surface area contributed by atoms with E-state index in [2.05, 4.69) is 15.3 Å². The molecule has 1 aliphatic heterocycles. The number of aromatic nitrogens is 4. The van der Waals surface area contributed by atoms with Crippen LogP contribution < -0.4 is 0 Å². The molecule has 0 bridgehead atoms. The standard InChI is InChI=1S/C11H13F3N4O2S/c12-11(13,14)7(19)5-8-17-18-9(15-16-10(18)21-8)6-1-3-20-4-2-6/h6-7,19H,1-5H2. The second-order valence-electron chi connectivity index (χ2n) is 4.90. The summed E-state index contributed by atoms with van der Waals surface area (Å²) < 4.78 is 43.9. The number of hydrogen-bond donors (Lipinski definition) is 1. The molecular formula is C11H13F3N4O2S. The van der Waals surface area contributed by atoms with Gasteiger partial charge in [0.15, 0.2) is 11.9 Å². The Labute approximate surface area is 121 Å². The Morgan fingerprint density at radius 1 is 1.33 bits per heavy atom. The van der Waals surface area contributed by atoms with Crippen molar-refractivity contribution in [3.05, 3.63) is 10.8 Å². The van der Waals surface area contributed by atoms with Crippen LogP contribution in [0.3, 0.4) is 0 Å². The lowest BCUT2D eigenvalue weighted by Gasteiger charge is -2.19. The fraction of sp³-hybridized carbons (Fsp3) is 0.727. The Hall–Kier alpha value is -1.26. The Morgan fingerprint density at radius 3 is 2.71 bits per heavy atom. The van der Waals surface area contributed by atoms with Crippen molar-refractivity contribution >= 4 is 16.3 Å². The molecule has 6 nitrogen and oxygen atoms in total. The first-order valence-electron chi connectivity index (χ1n) is 6.48. The minimum atomic E-state index is -4.64. The highest BCUT2D eigenvalue weighted by atomic mass is 32.1. The fourth-order valence-corrected chi connectivity index (χ4v) is 3.12. The van der Waals surface area contributed by atoms with Crippen molar-refractivity contribution in [2.75, 3.05) is 13.2 Å². The Bertz CT molecular complexity index is 621. The first kappa shape index (κ1) is 14.7. The quantitative estimate of drug-likeness (QED) is 0.928. The van der Waals surface area contributed by atoms with E-state index in [0.29, 0.717) is 24.0 Å². The normalized spacial score (nSPS) is 19.2. The van der Waals surface area contributed by atoms with E-state index in [1.807, 2.05) is 0 Å². The van der Waals surface area contributed by atoms with Gasteiger partial charge in [0.2, 0.25) is 4.96 Å². The number of aliphatic hydroxyl groups is 1. The number of fused-ring (bicyclic) bond motifs is 1. The molecule has 0 aliphatic carbocycles. The highest BCUT2D eigenvalue weighted by molar-refractivity contribution is 7.16. The van der Waals surface area contributed by atoms with Crippen LogP contribution in [-0.2, 0) is 11.2 Å². The fourth-order valence-electron chi connectivity index (χ4n) is 2.25. The van der Waals surface area contributed by atoms with E-state index in [-0.39, 0.29) is 10.9 Å². The molecule has 3 rings (SSSR count). The predicted molar refractivity (Wildman–Crippen MR) is 67.2 cm³/mol. The van der Waals surface area contributed by atoms with Gasteiger partial charge < -0.3 is 9.84 Å². The molecule has 1 aliphatic rings. The average molecular weight is 322 g/mol. The number of halogens is 3. The molecule has 116 valence electrons. The molecule has 0 aromatic carbocycles. The molecule has 1 saturated heterocycles. The monoisotopic (exact) mass is 322 g/mol. The summed E-state index contributed by atoms with van der Waals surface area (Å²) in [6.45, 7) is 1.26. The van der Waals surface area contributed by atoms with Gasteiger partial charge in [-0.1, -0.05) is 11.3 Å². The zero-order valence-corrected chi connectivity index (χ0v) is 11.7. The van der Waals surface area contributed by atoms with Crippen molar-refractivity contribution in [1.82, 2.24) is 19.8 Å². The number of hydrogen-bond acceptors (Lipinski definition) is 6. The van der Waals surface area contributed by atoms with Crippen molar-refractivity contribution in [2.24, 2.45) is 0 Å². The smallest absolute Gasteiger partial charge is 0.383 e. The molecular weight excluding hydrogens is 309 g/mol. The van der Waals surface area contributed by atoms with Gasteiger partial charge in [-0.25, -0.2) is 0 Å². The van der Waals surface area contributed by atoms with Crippen LogP contribution in [0.2, 0.25) is 0 Å². The molecule has 1 atom stereocenters. The first-order valence-corrected chi connectivity index (χ1v) is 7.30. The predicted octanol–water partition coefficient (Wildman–Crippen LogP) is 1.55. The number of aliphatic hydroxyl groups excluding tert-OH is 1. The van der Waals surface area contributed by atoms with Gasteiger partial charge in [0.05, 0.1) is 0 Å². The lowest BCUT2D eigenvalue weighted by Crippen LogP contribution is -2.30. The molecule has 0 saturated carbocycles. The van der Waals surface area contributed by atoms with Crippen molar-refractivity contribution in [2.45, 2.75) is 37.5 Å². The van der Waals surface area contributed by atoms with E-state index in [9.17, 15) is 13.2 Å². The Kier molecular flexibility index (Phi) is 3.84. The average Bonchev–Trinajstić information content (AvgIpc) is 2.98. The molecule has 3 heterocycles. The maximum atomic E-state index is 12.4. The molecule has 2 aromatic heterocycles. The molecule has 1 unspecified atom stereocenters. The van der Waals surface area contributed by atoms with Crippen LogP contribution in [0.15, 0.2) is 0 Å². The highest BCUT2D eigenvalue weighted by Gasteiger charge is 2.39. The topological polar surface area (TPSA) is 72.5 Å². The van der Waals surface area contributed by atoms with E-state index < -0.39 is 18.7 Å². The van der Waals surface area contributed by atoms with Gasteiger partial charge in [0.25, 0.3) is 0 Å². The molecule has 21 heavy (non-hydrogen) atoms. The van der Waals surface area contributed by atoms with Gasteiger partial charge >= 0.3 is 6.18 Å². The van der Waals surface area contributed by atoms with Crippen LogP contribution in [0.4, 0.5) is 13.2 Å². The summed E-state index contributed by atoms with van der Waals surface area (Å²) in [5, 5.41) is 21.4. The third-order valence-electron chi connectivity index (χ3n) is 3.39. The largest absolute Gasteiger partial charge is 0.414 e. The van der Waals surface area contributed by atoms with Crippen LogP contribution in [-0.4, -0.2) is 50.4 Å². The third-order valence-corrected chi connectivity index (χ3v) is 4.31. The van der Waals surface area contributed by atoms with Crippen LogP contribution in [0, 0.1) is 0 Å². The summed E-state index contributed by atoms with van der Waals surface area (Å²) in [7, 11) is 0. The van der Waals surface area contributed by atoms with Crippen molar-refractivity contribution in [3.8, 4) is 0 Å². The molecule has 0 spiro atoms. The molecule has 2 aromatic rings. The van der Waals surface area contributed by atoms with E-state index in [1.165, 1.54) is 4.52 Å². The Balaban J connectivity index is 1.82. The minimum Gasteiger partial charge on any atom is -0.383 e. The van der Waals surface area contributed by atoms with Crippen LogP contribution >= 0.6 is 11.3 Å². The SMILES string of the molecule is OC(Cc1nn2c(C3CCOCC3)nnc2s1)C(F)(F)F. The van der Waals surface area contributed by atoms with Gasteiger partial charge in [-0.15, -0.1) is 10.2 Å². The summed E-state index contributed by atoms with van der Waals surface area (Å²) >= 11 is 1.01. The maximum absolute atomic E-state index is 12.4. The van der Waals surface area contributed by atoms with Crippen molar-refractivity contribution < 1.29 is 23.0 Å². The van der Waals surface area contributed by atoms with Crippen LogP contribution in [0.25, 0.3) is 4.96 Å². The second-order valence-corrected chi connectivity index (χ2v) is 5.94. The van der Waals surface area contributed by atoms with Crippen LogP contribution in [0.1, 0.15) is 29.6 Å². The van der Waals surface area contributed by atoms with Gasteiger partial charge in [0.1, 0.15) is 5.01 Å². The van der Waals surface area contributed by atoms with E-state index in [1.54, 1.807) is 0 Å². The van der Waals surface area contributed by atoms with Gasteiger partial charge in [-0.05, 0) is 12.8 Å². The lowest BCUT2D eigenvalue weighted by atomic mass is 10.00. The summed E-state index contributed by atoms with van der Waals surface area (Å²) in [5.41, 5.74) is 0. The Morgan fingerprint density at radius 2 is 2.05 bits per heavy atom. The zero-order chi connectivity index (χ0) is 15.0. The summed E-state index contributed by atoms with van der Waals surface area (Å²) in [4.78, 5) is 0.445. The zero-order valence-electron chi connectivity index (χ0n) is 10.9. The summed E-state index contributed by atoms with van der Waals surface area (Å²) in [6.07, 6.45) is -6.04. The summed E-state index contributed by atoms with van der Waals surface area (Å²) in [6, 6.07) is 0. The van der Waals surface area contributed by atoms with Gasteiger partial charge in [-0.2, -0.15) is 22.8 Å². The van der Waals surface area contributed by atoms with Gasteiger partial charge in [0, 0.05) is 25.6 Å². The first-order chi connectivity index (χ1) is 9.95. The molecule has 0 radical (unpaired) electrons. The van der Waals surface area contributed by atoms with Gasteiger partial charge in [-0.3, -0.25) is 0 Å². The van der Waals surface area contributed by atoms with Crippen LogP contribution in [0.5, 0.6) is 0 Å². The number of ether oxygens (including phenoxy) is 1. The number of nitrogens with zero attached hydrogens (tertiary/aromatic N) is 4. The van der Waals surface area contributed by atoms with E-state index >= 15 is 0 Å². The molecule has 0 amide bonds. The van der Waals surface area contributed by atoms with E-state index in [0.717, 1.165) is 24.2 Å². The minimum absolute atomic E-state index is 0.149. The highest BCUT2D eigenvalue weighted by Crippen LogP contribution is 2.28. The second kappa shape index (κ2) is 5.50. The lowest BCUT2D eigenvalue weighted by molar-refractivity contribution is -0.203. The maximum Gasteiger partial charge on any atom is 0.414 e. The molecule has 10 heteroatoms. The molecule has 1 N–H and O–H groups in total. The van der Waals surface area contributed by atoms with Crippen molar-refractivity contribution in [3.63, 3.8) is 0 Å². The summed E-state index contributed by atoms with van der Waals surface area (Å²) in [5.74, 6) is 0.800. The van der Waals surface area contributed by atoms with E-state index in [4.69, 9.17) is 9.84 Å². The molecule has 1 fully saturated rings.